The molecule has 0 unspecified atom stereocenters. The van der Waals surface area contributed by atoms with Gasteiger partial charge in [0.05, 0.1) is 11.0 Å². The highest BCUT2D eigenvalue weighted by Crippen LogP contribution is 2.34. The van der Waals surface area contributed by atoms with Gasteiger partial charge in [-0.15, -0.1) is 0 Å². The highest BCUT2D eigenvalue weighted by atomic mass is 35.5. The highest BCUT2D eigenvalue weighted by molar-refractivity contribution is 6.31. The smallest absolute Gasteiger partial charge is 0.162 e. The fraction of sp³-hybridized carbons (Fsp3) is 0.133. The van der Waals surface area contributed by atoms with Crippen molar-refractivity contribution in [3.8, 4) is 22.9 Å². The normalized spacial score (nSPS) is 13.7. The molecular weight excluding hydrogens is 276 g/mol. The first kappa shape index (κ1) is 11.6. The third kappa shape index (κ3) is 1.89. The zero-order valence-corrected chi connectivity index (χ0v) is 11.3. The Morgan fingerprint density at radius 3 is 2.75 bits per heavy atom. The Morgan fingerprint density at radius 1 is 1.00 bits per heavy atom. The average molecular weight is 287 g/mol. The summed E-state index contributed by atoms with van der Waals surface area (Å²) in [6, 6.07) is 11.4. The van der Waals surface area contributed by atoms with E-state index in [1.165, 1.54) is 0 Å². The molecule has 1 aromatic heterocycles. The van der Waals surface area contributed by atoms with Crippen LogP contribution in [-0.2, 0) is 0 Å². The molecule has 2 aromatic carbocycles. The van der Waals surface area contributed by atoms with Crippen molar-refractivity contribution < 1.29 is 9.47 Å². The minimum Gasteiger partial charge on any atom is -0.486 e. The molecule has 0 saturated carbocycles. The number of aromatic amines is 1. The van der Waals surface area contributed by atoms with Crippen LogP contribution in [0.1, 0.15) is 0 Å². The Balaban J connectivity index is 1.82. The van der Waals surface area contributed by atoms with E-state index in [0.29, 0.717) is 18.2 Å². The van der Waals surface area contributed by atoms with Gasteiger partial charge < -0.3 is 14.5 Å². The number of imidazole rings is 1. The summed E-state index contributed by atoms with van der Waals surface area (Å²) in [4.78, 5) is 7.83. The van der Waals surface area contributed by atoms with E-state index in [1.54, 1.807) is 0 Å². The maximum Gasteiger partial charge on any atom is 0.162 e. The Kier molecular flexibility index (Phi) is 2.57. The minimum atomic E-state index is 0.576. The Morgan fingerprint density at radius 2 is 1.85 bits per heavy atom. The van der Waals surface area contributed by atoms with Crippen molar-refractivity contribution in [3.05, 3.63) is 41.4 Å². The van der Waals surface area contributed by atoms with Gasteiger partial charge in [0.25, 0.3) is 0 Å². The number of H-pyrrole nitrogens is 1. The second-order valence-electron chi connectivity index (χ2n) is 4.61. The standard InChI is InChI=1S/C15H11ClN2O2/c16-10-2-3-11-12(8-10)18-15(17-11)9-1-4-13-14(7-9)20-6-5-19-13/h1-4,7-8H,5-6H2,(H,17,18). The lowest BCUT2D eigenvalue weighted by Gasteiger charge is -2.18. The zero-order chi connectivity index (χ0) is 13.5. The summed E-state index contributed by atoms with van der Waals surface area (Å²) in [5.74, 6) is 2.32. The molecule has 0 amide bonds. The first-order valence-corrected chi connectivity index (χ1v) is 6.73. The quantitative estimate of drug-likeness (QED) is 0.743. The van der Waals surface area contributed by atoms with Crippen molar-refractivity contribution >= 4 is 22.6 Å². The van der Waals surface area contributed by atoms with Crippen LogP contribution in [-0.4, -0.2) is 23.2 Å². The summed E-state index contributed by atoms with van der Waals surface area (Å²) in [5.41, 5.74) is 2.77. The van der Waals surface area contributed by atoms with Crippen molar-refractivity contribution in [3.63, 3.8) is 0 Å². The Hall–Kier alpha value is -2.20. The summed E-state index contributed by atoms with van der Waals surface area (Å²) < 4.78 is 11.1. The lowest BCUT2D eigenvalue weighted by atomic mass is 10.2. The van der Waals surface area contributed by atoms with Crippen LogP contribution in [0, 0.1) is 0 Å². The van der Waals surface area contributed by atoms with Crippen LogP contribution in [0.15, 0.2) is 36.4 Å². The number of aromatic nitrogens is 2. The van der Waals surface area contributed by atoms with E-state index in [9.17, 15) is 0 Å². The number of rotatable bonds is 1. The molecule has 100 valence electrons. The van der Waals surface area contributed by atoms with Gasteiger partial charge in [-0.3, -0.25) is 0 Å². The van der Waals surface area contributed by atoms with Crippen molar-refractivity contribution in [1.29, 1.82) is 0 Å². The zero-order valence-electron chi connectivity index (χ0n) is 10.5. The molecule has 0 radical (unpaired) electrons. The van der Waals surface area contributed by atoms with Crippen LogP contribution in [0.5, 0.6) is 11.5 Å². The monoisotopic (exact) mass is 286 g/mol. The van der Waals surface area contributed by atoms with Gasteiger partial charge in [0.1, 0.15) is 19.0 Å². The molecule has 1 aliphatic heterocycles. The van der Waals surface area contributed by atoms with E-state index in [1.807, 2.05) is 36.4 Å². The third-order valence-corrected chi connectivity index (χ3v) is 3.49. The van der Waals surface area contributed by atoms with Crippen LogP contribution >= 0.6 is 11.6 Å². The van der Waals surface area contributed by atoms with Crippen LogP contribution < -0.4 is 9.47 Å². The fourth-order valence-electron chi connectivity index (χ4n) is 2.31. The second-order valence-corrected chi connectivity index (χ2v) is 5.04. The molecule has 1 N–H and O–H groups in total. The molecule has 20 heavy (non-hydrogen) atoms. The Labute approximate surface area is 120 Å². The number of benzene rings is 2. The second kappa shape index (κ2) is 4.42. The number of fused-ring (bicyclic) bond motifs is 2. The van der Waals surface area contributed by atoms with E-state index in [4.69, 9.17) is 21.1 Å². The summed E-state index contributed by atoms with van der Waals surface area (Å²) in [7, 11) is 0. The van der Waals surface area contributed by atoms with Crippen molar-refractivity contribution in [2.45, 2.75) is 0 Å². The molecule has 5 heteroatoms. The van der Waals surface area contributed by atoms with Crippen molar-refractivity contribution in [2.75, 3.05) is 13.2 Å². The van der Waals surface area contributed by atoms with Gasteiger partial charge in [-0.25, -0.2) is 4.98 Å². The number of nitrogens with one attached hydrogen (secondary N) is 1. The number of hydrogen-bond donors (Lipinski definition) is 1. The van der Waals surface area contributed by atoms with Gasteiger partial charge in [-0.1, -0.05) is 11.6 Å². The predicted octanol–water partition coefficient (Wildman–Crippen LogP) is 3.65. The van der Waals surface area contributed by atoms with Crippen LogP contribution in [0.25, 0.3) is 22.4 Å². The number of halogens is 1. The summed E-state index contributed by atoms with van der Waals surface area (Å²) in [6.07, 6.45) is 0. The molecule has 0 spiro atoms. The fourth-order valence-corrected chi connectivity index (χ4v) is 2.48. The third-order valence-electron chi connectivity index (χ3n) is 3.26. The summed E-state index contributed by atoms with van der Waals surface area (Å²) in [5, 5.41) is 0.690. The topological polar surface area (TPSA) is 47.1 Å². The van der Waals surface area contributed by atoms with Crippen molar-refractivity contribution in [1.82, 2.24) is 9.97 Å². The molecule has 1 aliphatic rings. The maximum atomic E-state index is 5.98. The van der Waals surface area contributed by atoms with Crippen LogP contribution in [0.4, 0.5) is 0 Å². The van der Waals surface area contributed by atoms with Gasteiger partial charge in [0, 0.05) is 10.6 Å². The predicted molar refractivity (Wildman–Crippen MR) is 77.5 cm³/mol. The van der Waals surface area contributed by atoms with E-state index >= 15 is 0 Å². The molecular formula is C15H11ClN2O2. The largest absolute Gasteiger partial charge is 0.486 e. The van der Waals surface area contributed by atoms with E-state index in [0.717, 1.165) is 33.9 Å². The molecule has 0 fully saturated rings. The van der Waals surface area contributed by atoms with Gasteiger partial charge >= 0.3 is 0 Å². The SMILES string of the molecule is Clc1ccc2nc(-c3ccc4c(c3)OCCO4)[nH]c2c1. The lowest BCUT2D eigenvalue weighted by molar-refractivity contribution is 0.171. The van der Waals surface area contributed by atoms with Crippen molar-refractivity contribution in [2.24, 2.45) is 0 Å². The van der Waals surface area contributed by atoms with Crippen LogP contribution in [0.3, 0.4) is 0 Å². The van der Waals surface area contributed by atoms with Gasteiger partial charge in [-0.05, 0) is 36.4 Å². The average Bonchev–Trinajstić information content (AvgIpc) is 2.89. The lowest BCUT2D eigenvalue weighted by Crippen LogP contribution is -2.15. The van der Waals surface area contributed by atoms with Gasteiger partial charge in [0.15, 0.2) is 11.5 Å². The Bertz CT molecular complexity index is 798. The van der Waals surface area contributed by atoms with Crippen LogP contribution in [0.2, 0.25) is 5.02 Å². The number of hydrogen-bond acceptors (Lipinski definition) is 3. The molecule has 0 aliphatic carbocycles. The molecule has 2 heterocycles. The molecule has 4 nitrogen and oxygen atoms in total. The number of nitrogens with zero attached hydrogens (tertiary/aromatic N) is 1. The number of ether oxygens (including phenoxy) is 2. The van der Waals surface area contributed by atoms with E-state index in [-0.39, 0.29) is 0 Å². The van der Waals surface area contributed by atoms with E-state index in [2.05, 4.69) is 9.97 Å². The molecule has 0 bridgehead atoms. The first-order chi connectivity index (χ1) is 9.79. The molecule has 3 aromatic rings. The first-order valence-electron chi connectivity index (χ1n) is 6.35. The summed E-state index contributed by atoms with van der Waals surface area (Å²) in [6.45, 7) is 1.17. The molecule has 4 rings (SSSR count). The molecule has 0 saturated heterocycles. The molecule has 0 atom stereocenters. The summed E-state index contributed by atoms with van der Waals surface area (Å²) >= 11 is 5.98. The van der Waals surface area contributed by atoms with Gasteiger partial charge in [0.2, 0.25) is 0 Å². The maximum absolute atomic E-state index is 5.98. The van der Waals surface area contributed by atoms with E-state index < -0.39 is 0 Å². The minimum absolute atomic E-state index is 0.576. The van der Waals surface area contributed by atoms with Gasteiger partial charge in [-0.2, -0.15) is 0 Å². The highest BCUT2D eigenvalue weighted by Gasteiger charge is 2.14.